The topological polar surface area (TPSA) is 76.9 Å². The number of amides is 1. The predicted octanol–water partition coefficient (Wildman–Crippen LogP) is 1.54. The lowest BCUT2D eigenvalue weighted by molar-refractivity contribution is -0.116. The molecular weight excluding hydrogens is 268 g/mol. The van der Waals surface area contributed by atoms with E-state index in [-0.39, 0.29) is 18.0 Å². The van der Waals surface area contributed by atoms with Gasteiger partial charge in [-0.15, -0.1) is 0 Å². The van der Waals surface area contributed by atoms with Crippen LogP contribution in [0.5, 0.6) is 0 Å². The average molecular weight is 286 g/mol. The van der Waals surface area contributed by atoms with E-state index in [1.165, 1.54) is 17.0 Å². The van der Waals surface area contributed by atoms with E-state index in [4.69, 9.17) is 0 Å². The van der Waals surface area contributed by atoms with Gasteiger partial charge in [0.1, 0.15) is 12.4 Å². The van der Waals surface area contributed by atoms with E-state index in [0.29, 0.717) is 5.82 Å². The molecule has 1 amide bonds. The number of nitrogens with one attached hydrogen (secondary N) is 1. The minimum absolute atomic E-state index is 0.0755. The summed E-state index contributed by atoms with van der Waals surface area (Å²) in [5.74, 6) is 0.170. The minimum Gasteiger partial charge on any atom is -0.309 e. The molecule has 0 saturated heterocycles. The van der Waals surface area contributed by atoms with Gasteiger partial charge in [-0.1, -0.05) is 19.4 Å². The molecule has 0 fully saturated rings. The van der Waals surface area contributed by atoms with Crippen molar-refractivity contribution in [2.45, 2.75) is 33.2 Å². The summed E-state index contributed by atoms with van der Waals surface area (Å²) < 4.78 is 1.28. The molecular formula is C15H18N4O2. The quantitative estimate of drug-likeness (QED) is 0.904. The normalized spacial score (nSPS) is 10.4. The molecule has 0 radical (unpaired) electrons. The Bertz CT molecular complexity index is 694. The van der Waals surface area contributed by atoms with Gasteiger partial charge in [-0.2, -0.15) is 0 Å². The highest BCUT2D eigenvalue weighted by molar-refractivity contribution is 5.89. The molecule has 0 atom stereocenters. The van der Waals surface area contributed by atoms with Crippen molar-refractivity contribution < 1.29 is 4.79 Å². The standard InChI is InChI=1S/C15H18N4O2/c1-3-5-12-8-15(21)19(10-16-12)9-14(20)18-13-7-4-6-11(2)17-13/h4,6-8,10H,3,5,9H2,1-2H3,(H,17,18,20). The Morgan fingerprint density at radius 3 is 2.86 bits per heavy atom. The van der Waals surface area contributed by atoms with Crippen LogP contribution in [0.1, 0.15) is 24.7 Å². The third kappa shape index (κ3) is 4.24. The third-order valence-corrected chi connectivity index (χ3v) is 2.91. The number of anilines is 1. The number of aryl methyl sites for hydroxylation is 2. The van der Waals surface area contributed by atoms with Crippen molar-refractivity contribution in [2.75, 3.05) is 5.32 Å². The van der Waals surface area contributed by atoms with Crippen LogP contribution in [-0.4, -0.2) is 20.4 Å². The number of nitrogens with zero attached hydrogens (tertiary/aromatic N) is 3. The van der Waals surface area contributed by atoms with Gasteiger partial charge in [-0.05, 0) is 25.5 Å². The number of carbonyl (C=O) groups is 1. The van der Waals surface area contributed by atoms with E-state index in [2.05, 4.69) is 15.3 Å². The summed E-state index contributed by atoms with van der Waals surface area (Å²) in [4.78, 5) is 32.2. The molecule has 0 bridgehead atoms. The molecule has 2 aromatic heterocycles. The molecule has 0 unspecified atom stereocenters. The molecule has 0 spiro atoms. The van der Waals surface area contributed by atoms with Gasteiger partial charge in [-0.25, -0.2) is 9.97 Å². The first-order chi connectivity index (χ1) is 10.1. The number of aromatic nitrogens is 3. The maximum Gasteiger partial charge on any atom is 0.253 e. The molecule has 0 aromatic carbocycles. The molecule has 6 nitrogen and oxygen atoms in total. The molecule has 2 heterocycles. The van der Waals surface area contributed by atoms with E-state index in [1.54, 1.807) is 6.07 Å². The predicted molar refractivity (Wildman–Crippen MR) is 80.1 cm³/mol. The molecule has 0 aliphatic rings. The van der Waals surface area contributed by atoms with Crippen LogP contribution in [0, 0.1) is 6.92 Å². The molecule has 1 N–H and O–H groups in total. The van der Waals surface area contributed by atoms with E-state index >= 15 is 0 Å². The lowest BCUT2D eigenvalue weighted by Crippen LogP contribution is -2.28. The molecule has 2 aromatic rings. The lowest BCUT2D eigenvalue weighted by Gasteiger charge is -2.07. The van der Waals surface area contributed by atoms with Gasteiger partial charge >= 0.3 is 0 Å². The Hall–Kier alpha value is -2.50. The smallest absolute Gasteiger partial charge is 0.253 e. The van der Waals surface area contributed by atoms with Crippen molar-refractivity contribution in [1.29, 1.82) is 0 Å². The second kappa shape index (κ2) is 6.78. The number of hydrogen-bond acceptors (Lipinski definition) is 4. The van der Waals surface area contributed by atoms with Crippen LogP contribution in [0.25, 0.3) is 0 Å². The highest BCUT2D eigenvalue weighted by atomic mass is 16.2. The van der Waals surface area contributed by atoms with Crippen LogP contribution in [0.4, 0.5) is 5.82 Å². The Kier molecular flexibility index (Phi) is 4.81. The van der Waals surface area contributed by atoms with Crippen LogP contribution in [0.2, 0.25) is 0 Å². The largest absolute Gasteiger partial charge is 0.309 e. The number of rotatable bonds is 5. The molecule has 2 rings (SSSR count). The number of carbonyl (C=O) groups excluding carboxylic acids is 1. The Morgan fingerprint density at radius 1 is 1.38 bits per heavy atom. The molecule has 110 valence electrons. The summed E-state index contributed by atoms with van der Waals surface area (Å²) >= 11 is 0. The first-order valence-electron chi connectivity index (χ1n) is 6.87. The summed E-state index contributed by atoms with van der Waals surface area (Å²) in [5.41, 5.74) is 1.34. The number of hydrogen-bond donors (Lipinski definition) is 1. The first kappa shape index (κ1) is 14.9. The van der Waals surface area contributed by atoms with Gasteiger partial charge in [0, 0.05) is 17.5 Å². The maximum absolute atomic E-state index is 11.9. The molecule has 0 saturated carbocycles. The minimum atomic E-state index is -0.305. The van der Waals surface area contributed by atoms with Gasteiger partial charge in [0.05, 0.1) is 6.33 Å². The van der Waals surface area contributed by atoms with Crippen molar-refractivity contribution in [1.82, 2.24) is 14.5 Å². The van der Waals surface area contributed by atoms with Gasteiger partial charge in [0.2, 0.25) is 5.91 Å². The zero-order chi connectivity index (χ0) is 15.2. The molecule has 6 heteroatoms. The van der Waals surface area contributed by atoms with E-state index < -0.39 is 0 Å². The summed E-state index contributed by atoms with van der Waals surface area (Å²) in [6, 6.07) is 6.83. The van der Waals surface area contributed by atoms with Gasteiger partial charge in [-0.3, -0.25) is 14.2 Å². The maximum atomic E-state index is 11.9. The third-order valence-electron chi connectivity index (χ3n) is 2.91. The molecule has 0 aliphatic heterocycles. The summed E-state index contributed by atoms with van der Waals surface area (Å²) in [6.07, 6.45) is 3.10. The van der Waals surface area contributed by atoms with Crippen molar-refractivity contribution >= 4 is 11.7 Å². The summed E-state index contributed by atoms with van der Waals surface area (Å²) in [7, 11) is 0. The fourth-order valence-electron chi connectivity index (χ4n) is 1.92. The zero-order valence-electron chi connectivity index (χ0n) is 12.2. The highest BCUT2D eigenvalue weighted by Crippen LogP contribution is 2.03. The van der Waals surface area contributed by atoms with Crippen LogP contribution in [-0.2, 0) is 17.8 Å². The SMILES string of the molecule is CCCc1cc(=O)n(CC(=O)Nc2cccc(C)n2)cn1. The fourth-order valence-corrected chi connectivity index (χ4v) is 1.92. The fraction of sp³-hybridized carbons (Fsp3) is 0.333. The van der Waals surface area contributed by atoms with Crippen molar-refractivity contribution in [3.63, 3.8) is 0 Å². The molecule has 21 heavy (non-hydrogen) atoms. The van der Waals surface area contributed by atoms with Crippen molar-refractivity contribution in [3.05, 3.63) is 52.3 Å². The second-order valence-corrected chi connectivity index (χ2v) is 4.81. The highest BCUT2D eigenvalue weighted by Gasteiger charge is 2.07. The average Bonchev–Trinajstić information content (AvgIpc) is 2.42. The van der Waals surface area contributed by atoms with E-state index in [9.17, 15) is 9.59 Å². The van der Waals surface area contributed by atoms with Gasteiger partial charge in [0.25, 0.3) is 5.56 Å². The Balaban J connectivity index is 2.04. The van der Waals surface area contributed by atoms with Gasteiger partial charge in [0.15, 0.2) is 0 Å². The first-order valence-corrected chi connectivity index (χ1v) is 6.87. The van der Waals surface area contributed by atoms with Crippen molar-refractivity contribution in [2.24, 2.45) is 0 Å². The Labute approximate surface area is 122 Å². The van der Waals surface area contributed by atoms with Gasteiger partial charge < -0.3 is 5.32 Å². The number of pyridine rings is 1. The van der Waals surface area contributed by atoms with Crippen LogP contribution in [0.3, 0.4) is 0 Å². The summed E-state index contributed by atoms with van der Waals surface area (Å²) in [6.45, 7) is 3.79. The lowest BCUT2D eigenvalue weighted by atomic mass is 10.2. The molecule has 0 aliphatic carbocycles. The van der Waals surface area contributed by atoms with E-state index in [1.807, 2.05) is 26.0 Å². The van der Waals surface area contributed by atoms with Crippen LogP contribution in [0.15, 0.2) is 35.4 Å². The van der Waals surface area contributed by atoms with E-state index in [0.717, 1.165) is 24.2 Å². The van der Waals surface area contributed by atoms with Crippen molar-refractivity contribution in [3.8, 4) is 0 Å². The second-order valence-electron chi connectivity index (χ2n) is 4.81. The van der Waals surface area contributed by atoms with Crippen LogP contribution < -0.4 is 10.9 Å². The summed E-state index contributed by atoms with van der Waals surface area (Å²) in [5, 5.41) is 2.66. The monoisotopic (exact) mass is 286 g/mol. The zero-order valence-corrected chi connectivity index (χ0v) is 12.2. The Morgan fingerprint density at radius 2 is 2.19 bits per heavy atom. The van der Waals surface area contributed by atoms with Crippen LogP contribution >= 0.6 is 0 Å².